The number of anilines is 1. The molecule has 0 saturated carbocycles. The van der Waals surface area contributed by atoms with Gasteiger partial charge in [-0.05, 0) is 17.5 Å². The zero-order valence-electron chi connectivity index (χ0n) is 13.7. The largest absolute Gasteiger partial charge is 0.277 e. The molecular formula is C15H18N4O4S2. The summed E-state index contributed by atoms with van der Waals surface area (Å²) < 4.78 is 26.8. The summed E-state index contributed by atoms with van der Waals surface area (Å²) >= 11 is 1.48. The third kappa shape index (κ3) is 4.41. The maximum Gasteiger partial charge on any atom is 0.270 e. The lowest BCUT2D eigenvalue weighted by molar-refractivity contribution is -0.385. The van der Waals surface area contributed by atoms with Gasteiger partial charge in [0.25, 0.3) is 5.69 Å². The van der Waals surface area contributed by atoms with Crippen molar-refractivity contribution in [3.05, 3.63) is 50.7 Å². The molecule has 0 aliphatic heterocycles. The number of hydrogen-bond donors (Lipinski definition) is 1. The van der Waals surface area contributed by atoms with Gasteiger partial charge in [0.2, 0.25) is 10.0 Å². The van der Waals surface area contributed by atoms with E-state index in [1.165, 1.54) is 27.8 Å². The van der Waals surface area contributed by atoms with Crippen LogP contribution in [0.25, 0.3) is 0 Å². The Morgan fingerprint density at radius 2 is 2.04 bits per heavy atom. The number of non-ortho nitro benzene ring substituents is 1. The predicted octanol–water partition coefficient (Wildman–Crippen LogP) is 3.13. The second kappa shape index (κ2) is 8.19. The topological polar surface area (TPSA) is 105 Å². The lowest BCUT2D eigenvalue weighted by Gasteiger charge is -2.20. The van der Waals surface area contributed by atoms with E-state index in [2.05, 4.69) is 10.5 Å². The molecule has 25 heavy (non-hydrogen) atoms. The first kappa shape index (κ1) is 19.0. The fourth-order valence-corrected chi connectivity index (χ4v) is 4.37. The van der Waals surface area contributed by atoms with E-state index in [1.807, 2.05) is 17.5 Å². The molecule has 1 aromatic heterocycles. The molecule has 0 amide bonds. The van der Waals surface area contributed by atoms with Gasteiger partial charge in [0.05, 0.1) is 16.8 Å². The number of nitro benzene ring substituents is 1. The lowest BCUT2D eigenvalue weighted by atomic mass is 10.3. The van der Waals surface area contributed by atoms with Gasteiger partial charge in [-0.15, -0.1) is 11.3 Å². The van der Waals surface area contributed by atoms with Gasteiger partial charge < -0.3 is 0 Å². The van der Waals surface area contributed by atoms with Crippen molar-refractivity contribution in [2.45, 2.75) is 18.7 Å². The molecular weight excluding hydrogens is 364 g/mol. The highest BCUT2D eigenvalue weighted by atomic mass is 32.2. The van der Waals surface area contributed by atoms with E-state index in [4.69, 9.17) is 0 Å². The zero-order valence-corrected chi connectivity index (χ0v) is 15.4. The molecule has 2 rings (SSSR count). The summed E-state index contributed by atoms with van der Waals surface area (Å²) in [5, 5.41) is 16.9. The highest BCUT2D eigenvalue weighted by molar-refractivity contribution is 7.89. The minimum Gasteiger partial charge on any atom is -0.277 e. The van der Waals surface area contributed by atoms with Crippen LogP contribution in [-0.2, 0) is 10.0 Å². The highest BCUT2D eigenvalue weighted by Crippen LogP contribution is 2.29. The SMILES string of the molecule is CCN(CC)S(=O)(=O)c1cc([N+](=O)[O-])ccc1N/N=C/c1cccs1. The van der Waals surface area contributed by atoms with E-state index in [1.54, 1.807) is 20.1 Å². The molecule has 0 aliphatic rings. The van der Waals surface area contributed by atoms with Gasteiger partial charge in [0.15, 0.2) is 0 Å². The van der Waals surface area contributed by atoms with Crippen molar-refractivity contribution in [1.29, 1.82) is 0 Å². The van der Waals surface area contributed by atoms with Crippen molar-refractivity contribution >= 4 is 38.9 Å². The second-order valence-corrected chi connectivity index (χ2v) is 7.80. The Bertz CT molecular complexity index is 860. The fraction of sp³-hybridized carbons (Fsp3) is 0.267. The van der Waals surface area contributed by atoms with Crippen LogP contribution >= 0.6 is 11.3 Å². The van der Waals surface area contributed by atoms with Gasteiger partial charge >= 0.3 is 0 Å². The molecule has 0 saturated heterocycles. The Kier molecular flexibility index (Phi) is 6.23. The van der Waals surface area contributed by atoms with Crippen LogP contribution < -0.4 is 5.43 Å². The van der Waals surface area contributed by atoms with E-state index < -0.39 is 14.9 Å². The van der Waals surface area contributed by atoms with Crippen molar-refractivity contribution in [3.63, 3.8) is 0 Å². The summed E-state index contributed by atoms with van der Waals surface area (Å²) in [7, 11) is -3.88. The fourth-order valence-electron chi connectivity index (χ4n) is 2.16. The average Bonchev–Trinajstić information content (AvgIpc) is 3.09. The molecule has 0 aliphatic carbocycles. The summed E-state index contributed by atoms with van der Waals surface area (Å²) in [6, 6.07) is 7.37. The van der Waals surface area contributed by atoms with Crippen LogP contribution in [0.5, 0.6) is 0 Å². The van der Waals surface area contributed by atoms with Crippen LogP contribution in [0.1, 0.15) is 18.7 Å². The van der Waals surface area contributed by atoms with Crippen LogP contribution in [-0.4, -0.2) is 37.0 Å². The monoisotopic (exact) mass is 382 g/mol. The standard InChI is InChI=1S/C15H18N4O4S2/c1-3-18(4-2)25(22,23)15-10-12(19(20)21)7-8-14(15)17-16-11-13-6-5-9-24-13/h5-11,17H,3-4H2,1-2H3/b16-11+. The Morgan fingerprint density at radius 3 is 2.60 bits per heavy atom. The van der Waals surface area contributed by atoms with Crippen molar-refractivity contribution in [2.75, 3.05) is 18.5 Å². The summed E-state index contributed by atoms with van der Waals surface area (Å²) in [6.07, 6.45) is 1.56. The Balaban J connectivity index is 2.43. The van der Waals surface area contributed by atoms with E-state index in [0.717, 1.165) is 10.9 Å². The maximum atomic E-state index is 12.8. The number of nitrogens with one attached hydrogen (secondary N) is 1. The van der Waals surface area contributed by atoms with Crippen molar-refractivity contribution < 1.29 is 13.3 Å². The first-order chi connectivity index (χ1) is 11.9. The van der Waals surface area contributed by atoms with Crippen LogP contribution in [0, 0.1) is 10.1 Å². The van der Waals surface area contributed by atoms with Gasteiger partial charge in [-0.25, -0.2) is 8.42 Å². The zero-order chi connectivity index (χ0) is 18.4. The first-order valence-electron chi connectivity index (χ1n) is 7.51. The highest BCUT2D eigenvalue weighted by Gasteiger charge is 2.27. The van der Waals surface area contributed by atoms with E-state index in [0.29, 0.717) is 0 Å². The molecule has 0 unspecified atom stereocenters. The molecule has 8 nitrogen and oxygen atoms in total. The molecule has 1 aromatic carbocycles. The average molecular weight is 382 g/mol. The third-order valence-corrected chi connectivity index (χ3v) is 6.32. The number of benzene rings is 1. The smallest absolute Gasteiger partial charge is 0.270 e. The normalized spacial score (nSPS) is 12.0. The summed E-state index contributed by atoms with van der Waals surface area (Å²) in [5.74, 6) is 0. The summed E-state index contributed by atoms with van der Waals surface area (Å²) in [5.41, 5.74) is 2.57. The van der Waals surface area contributed by atoms with Crippen molar-refractivity contribution in [1.82, 2.24) is 4.31 Å². The van der Waals surface area contributed by atoms with Gasteiger partial charge in [-0.1, -0.05) is 19.9 Å². The summed E-state index contributed by atoms with van der Waals surface area (Å²) in [4.78, 5) is 11.1. The summed E-state index contributed by atoms with van der Waals surface area (Å²) in [6.45, 7) is 3.94. The Morgan fingerprint density at radius 1 is 1.32 bits per heavy atom. The minimum absolute atomic E-state index is 0.172. The van der Waals surface area contributed by atoms with Gasteiger partial charge in [0.1, 0.15) is 4.90 Å². The van der Waals surface area contributed by atoms with Crippen LogP contribution in [0.15, 0.2) is 45.7 Å². The number of thiophene rings is 1. The predicted molar refractivity (Wildman–Crippen MR) is 98.7 cm³/mol. The molecule has 0 bridgehead atoms. The molecule has 0 atom stereocenters. The quantitative estimate of drug-likeness (QED) is 0.429. The van der Waals surface area contributed by atoms with Gasteiger partial charge in [-0.2, -0.15) is 9.41 Å². The van der Waals surface area contributed by atoms with Crippen LogP contribution in [0.3, 0.4) is 0 Å². The number of hydrazone groups is 1. The molecule has 10 heteroatoms. The van der Waals surface area contributed by atoms with Crippen LogP contribution in [0.4, 0.5) is 11.4 Å². The van der Waals surface area contributed by atoms with Gasteiger partial charge in [-0.3, -0.25) is 15.5 Å². The molecule has 0 fully saturated rings. The third-order valence-electron chi connectivity index (χ3n) is 3.42. The first-order valence-corrected chi connectivity index (χ1v) is 9.83. The molecule has 134 valence electrons. The van der Waals surface area contributed by atoms with Gasteiger partial charge in [0, 0.05) is 30.1 Å². The maximum absolute atomic E-state index is 12.8. The van der Waals surface area contributed by atoms with Crippen LogP contribution in [0.2, 0.25) is 0 Å². The number of sulfonamides is 1. The lowest BCUT2D eigenvalue weighted by Crippen LogP contribution is -2.31. The van der Waals surface area contributed by atoms with E-state index in [9.17, 15) is 18.5 Å². The molecule has 1 heterocycles. The number of rotatable bonds is 8. The number of nitrogens with zero attached hydrogens (tertiary/aromatic N) is 3. The number of hydrogen-bond acceptors (Lipinski definition) is 7. The molecule has 0 radical (unpaired) electrons. The molecule has 1 N–H and O–H groups in total. The van der Waals surface area contributed by atoms with Crippen molar-refractivity contribution in [3.8, 4) is 0 Å². The Labute approximate surface area is 150 Å². The molecule has 2 aromatic rings. The Hall–Kier alpha value is -2.30. The molecule has 0 spiro atoms. The van der Waals surface area contributed by atoms with Crippen molar-refractivity contribution in [2.24, 2.45) is 5.10 Å². The second-order valence-electron chi connectivity index (χ2n) is 4.91. The van der Waals surface area contributed by atoms with E-state index in [-0.39, 0.29) is 29.4 Å². The van der Waals surface area contributed by atoms with E-state index >= 15 is 0 Å². The number of nitro groups is 1. The minimum atomic E-state index is -3.88.